The zero-order valence-electron chi connectivity index (χ0n) is 17.2. The van der Waals surface area contributed by atoms with Crippen LogP contribution >= 0.6 is 0 Å². The lowest BCUT2D eigenvalue weighted by Crippen LogP contribution is -1.94. The Balaban J connectivity index is 1.88. The third-order valence-electron chi connectivity index (χ3n) is 5.70. The normalized spacial score (nSPS) is 11.2. The van der Waals surface area contributed by atoms with Gasteiger partial charge in [-0.15, -0.1) is 0 Å². The molecule has 0 N–H and O–H groups in total. The number of aryl methyl sites for hydroxylation is 1. The summed E-state index contributed by atoms with van der Waals surface area (Å²) in [6.45, 7) is 0. The van der Waals surface area contributed by atoms with E-state index in [1.807, 2.05) is 30.5 Å². The molecule has 2 aromatic heterocycles. The summed E-state index contributed by atoms with van der Waals surface area (Å²) in [4.78, 5) is 4.91. The molecule has 148 valence electrons. The number of para-hydroxylation sites is 1. The van der Waals surface area contributed by atoms with Crippen LogP contribution in [-0.2, 0) is 7.05 Å². The molecule has 0 atom stereocenters. The van der Waals surface area contributed by atoms with E-state index < -0.39 is 0 Å². The third-order valence-corrected chi connectivity index (χ3v) is 5.70. The number of pyridine rings is 1. The van der Waals surface area contributed by atoms with Gasteiger partial charge in [0.2, 0.25) is 0 Å². The molecule has 0 unspecified atom stereocenters. The summed E-state index contributed by atoms with van der Waals surface area (Å²) in [5, 5.41) is 2.43. The van der Waals surface area contributed by atoms with Gasteiger partial charge in [-0.3, -0.25) is 4.98 Å². The Bertz CT molecular complexity index is 1350. The Kier molecular flexibility index (Phi) is 4.40. The Morgan fingerprint density at radius 3 is 1.93 bits per heavy atom. The zero-order valence-corrected chi connectivity index (χ0v) is 17.2. The van der Waals surface area contributed by atoms with Gasteiger partial charge in [-0.2, -0.15) is 0 Å². The molecular weight excluding hydrogens is 372 g/mol. The van der Waals surface area contributed by atoms with Gasteiger partial charge in [0.05, 0.1) is 31.6 Å². The number of fused-ring (bicyclic) bond motifs is 3. The van der Waals surface area contributed by atoms with Crippen LogP contribution in [0.5, 0.6) is 11.5 Å². The second kappa shape index (κ2) is 7.23. The Morgan fingerprint density at radius 1 is 0.700 bits per heavy atom. The minimum absolute atomic E-state index is 0.830. The van der Waals surface area contributed by atoms with Gasteiger partial charge in [0.25, 0.3) is 0 Å². The minimum atomic E-state index is 0.830. The van der Waals surface area contributed by atoms with Gasteiger partial charge in [0, 0.05) is 34.5 Å². The molecule has 2 heterocycles. The van der Waals surface area contributed by atoms with Crippen LogP contribution in [0.1, 0.15) is 0 Å². The SMILES string of the molecule is COc1ccc(-c2ncc3c(c2-c2ccc(OC)cc2)c2ccccc2n3C)cc1. The maximum atomic E-state index is 5.37. The predicted octanol–water partition coefficient (Wildman–Crippen LogP) is 6.08. The van der Waals surface area contributed by atoms with Crippen molar-refractivity contribution in [2.45, 2.75) is 0 Å². The average molecular weight is 394 g/mol. The molecule has 0 aliphatic rings. The topological polar surface area (TPSA) is 36.3 Å². The van der Waals surface area contributed by atoms with E-state index in [2.05, 4.69) is 60.1 Å². The first-order chi connectivity index (χ1) is 14.7. The summed E-state index contributed by atoms with van der Waals surface area (Å²) in [5.74, 6) is 1.67. The number of hydrogen-bond donors (Lipinski definition) is 0. The molecule has 3 aromatic carbocycles. The lowest BCUT2D eigenvalue weighted by molar-refractivity contribution is 0.414. The lowest BCUT2D eigenvalue weighted by atomic mass is 9.94. The highest BCUT2D eigenvalue weighted by Gasteiger charge is 2.19. The van der Waals surface area contributed by atoms with Crippen LogP contribution in [0.2, 0.25) is 0 Å². The molecule has 0 bridgehead atoms. The van der Waals surface area contributed by atoms with E-state index in [-0.39, 0.29) is 0 Å². The van der Waals surface area contributed by atoms with Gasteiger partial charge in [-0.05, 0) is 48.0 Å². The first kappa shape index (κ1) is 18.3. The second-order valence-corrected chi connectivity index (χ2v) is 7.28. The van der Waals surface area contributed by atoms with Gasteiger partial charge in [0.1, 0.15) is 11.5 Å². The number of hydrogen-bond acceptors (Lipinski definition) is 3. The smallest absolute Gasteiger partial charge is 0.118 e. The number of benzene rings is 3. The number of nitrogens with zero attached hydrogens (tertiary/aromatic N) is 2. The highest BCUT2D eigenvalue weighted by molar-refractivity contribution is 6.17. The molecule has 0 radical (unpaired) electrons. The predicted molar refractivity (Wildman–Crippen MR) is 122 cm³/mol. The van der Waals surface area contributed by atoms with E-state index in [1.165, 1.54) is 16.3 Å². The molecule has 5 aromatic rings. The summed E-state index contributed by atoms with van der Waals surface area (Å²) in [6, 6.07) is 24.8. The Labute approximate surface area is 175 Å². The van der Waals surface area contributed by atoms with Crippen LogP contribution in [-0.4, -0.2) is 23.8 Å². The van der Waals surface area contributed by atoms with Crippen molar-refractivity contribution in [2.24, 2.45) is 7.05 Å². The van der Waals surface area contributed by atoms with Crippen LogP contribution in [0.25, 0.3) is 44.2 Å². The standard InChI is InChI=1S/C26H22N2O2/c1-28-22-7-5-4-6-21(22)25-23(28)16-27-26(18-10-14-20(30-3)15-11-18)24(25)17-8-12-19(29-2)13-9-17/h4-16H,1-3H3. The van der Waals surface area contributed by atoms with Crippen LogP contribution < -0.4 is 9.47 Å². The molecule has 0 amide bonds. The summed E-state index contributed by atoms with van der Waals surface area (Å²) < 4.78 is 12.9. The van der Waals surface area contributed by atoms with Crippen molar-refractivity contribution >= 4 is 21.8 Å². The van der Waals surface area contributed by atoms with Crippen molar-refractivity contribution in [1.82, 2.24) is 9.55 Å². The molecule has 0 fully saturated rings. The van der Waals surface area contributed by atoms with Crippen LogP contribution in [0.4, 0.5) is 0 Å². The largest absolute Gasteiger partial charge is 0.497 e. The van der Waals surface area contributed by atoms with Gasteiger partial charge >= 0.3 is 0 Å². The summed E-state index contributed by atoms with van der Waals surface area (Å²) in [5.41, 5.74) is 6.53. The quantitative estimate of drug-likeness (QED) is 0.371. The van der Waals surface area contributed by atoms with Gasteiger partial charge in [-0.25, -0.2) is 0 Å². The van der Waals surface area contributed by atoms with Crippen molar-refractivity contribution in [1.29, 1.82) is 0 Å². The van der Waals surface area contributed by atoms with Crippen LogP contribution in [0, 0.1) is 0 Å². The summed E-state index contributed by atoms with van der Waals surface area (Å²) >= 11 is 0. The van der Waals surface area contributed by atoms with Crippen LogP contribution in [0.15, 0.2) is 79.0 Å². The summed E-state index contributed by atoms with van der Waals surface area (Å²) in [7, 11) is 5.46. The van der Waals surface area contributed by atoms with Crippen molar-refractivity contribution in [2.75, 3.05) is 14.2 Å². The molecule has 0 saturated carbocycles. The monoisotopic (exact) mass is 394 g/mol. The number of rotatable bonds is 4. The lowest BCUT2D eigenvalue weighted by Gasteiger charge is -2.13. The molecular formula is C26H22N2O2. The first-order valence-electron chi connectivity index (χ1n) is 9.86. The van der Waals surface area contributed by atoms with Crippen molar-refractivity contribution in [3.05, 3.63) is 79.0 Å². The van der Waals surface area contributed by atoms with E-state index in [4.69, 9.17) is 14.5 Å². The van der Waals surface area contributed by atoms with Gasteiger partial charge in [0.15, 0.2) is 0 Å². The Hall–Kier alpha value is -3.79. The van der Waals surface area contributed by atoms with E-state index in [9.17, 15) is 0 Å². The number of ether oxygens (including phenoxy) is 2. The number of aromatic nitrogens is 2. The number of methoxy groups -OCH3 is 2. The van der Waals surface area contributed by atoms with E-state index in [0.29, 0.717) is 0 Å². The molecule has 0 saturated heterocycles. The van der Waals surface area contributed by atoms with E-state index in [1.54, 1.807) is 14.2 Å². The van der Waals surface area contributed by atoms with Crippen molar-refractivity contribution in [3.63, 3.8) is 0 Å². The maximum Gasteiger partial charge on any atom is 0.118 e. The fraction of sp³-hybridized carbons (Fsp3) is 0.115. The molecule has 0 aliphatic heterocycles. The molecule has 0 aliphatic carbocycles. The van der Waals surface area contributed by atoms with Crippen LogP contribution in [0.3, 0.4) is 0 Å². The highest BCUT2D eigenvalue weighted by atomic mass is 16.5. The fourth-order valence-electron chi connectivity index (χ4n) is 4.14. The molecule has 30 heavy (non-hydrogen) atoms. The van der Waals surface area contributed by atoms with E-state index >= 15 is 0 Å². The minimum Gasteiger partial charge on any atom is -0.497 e. The third kappa shape index (κ3) is 2.80. The zero-order chi connectivity index (χ0) is 20.7. The average Bonchev–Trinajstić information content (AvgIpc) is 3.11. The van der Waals surface area contributed by atoms with Crippen molar-refractivity contribution < 1.29 is 9.47 Å². The maximum absolute atomic E-state index is 5.37. The second-order valence-electron chi connectivity index (χ2n) is 7.28. The molecule has 0 spiro atoms. The molecule has 4 nitrogen and oxygen atoms in total. The highest BCUT2D eigenvalue weighted by Crippen LogP contribution is 2.41. The fourth-order valence-corrected chi connectivity index (χ4v) is 4.14. The van der Waals surface area contributed by atoms with Gasteiger partial charge in [-0.1, -0.05) is 30.3 Å². The summed E-state index contributed by atoms with van der Waals surface area (Å²) in [6.07, 6.45) is 1.97. The van der Waals surface area contributed by atoms with Gasteiger partial charge < -0.3 is 14.0 Å². The molecule has 4 heteroatoms. The molecule has 5 rings (SSSR count). The van der Waals surface area contributed by atoms with Crippen molar-refractivity contribution in [3.8, 4) is 33.9 Å². The Morgan fingerprint density at radius 2 is 1.30 bits per heavy atom. The van der Waals surface area contributed by atoms with E-state index in [0.717, 1.165) is 39.4 Å². The first-order valence-corrected chi connectivity index (χ1v) is 9.86.